The maximum Gasteiger partial charge on any atom is 0.427 e. The van der Waals surface area contributed by atoms with Crippen LogP contribution in [0.25, 0.3) is 0 Å². The van der Waals surface area contributed by atoms with Crippen molar-refractivity contribution in [1.29, 1.82) is 0 Å². The molecule has 3 saturated heterocycles. The first kappa shape index (κ1) is 91.0. The molecule has 2 aromatic carbocycles. The number of carbonyl (C=O) groups excluding carboxylic acids is 3. The van der Waals surface area contributed by atoms with Gasteiger partial charge in [-0.15, -0.1) is 13.2 Å². The van der Waals surface area contributed by atoms with E-state index < -0.39 is 113 Å². The Bertz CT molecular complexity index is 4960. The number of fused-ring (bicyclic) bond motifs is 2. The number of nitrogens with zero attached hydrogens (tertiary/aromatic N) is 6. The maximum absolute atomic E-state index is 11.1. The number of aromatic nitrogens is 3. The minimum atomic E-state index is -3.97. The van der Waals surface area contributed by atoms with Gasteiger partial charge in [-0.25, -0.2) is 32.6 Å². The molecular formula is C65H81N13O26S7. The van der Waals surface area contributed by atoms with Gasteiger partial charge in [-0.05, 0) is 121 Å². The molecule has 0 radical (unpaired) electrons. The number of aromatic amines is 2. The van der Waals surface area contributed by atoms with Gasteiger partial charge >= 0.3 is 51.5 Å². The van der Waals surface area contributed by atoms with Gasteiger partial charge in [0, 0.05) is 97.6 Å². The first-order chi connectivity index (χ1) is 51.3. The van der Waals surface area contributed by atoms with E-state index in [0.29, 0.717) is 6.04 Å². The molecule has 13 heterocycles. The molecule has 10 aliphatic rings. The Morgan fingerprint density at radius 3 is 1.21 bits per heavy atom. The van der Waals surface area contributed by atoms with Gasteiger partial charge in [0.2, 0.25) is 0 Å². The van der Waals surface area contributed by atoms with E-state index >= 15 is 0 Å². The Kier molecular flexibility index (Phi) is 32.7. The molecule has 46 heteroatoms. The molecule has 7 N–H and O–H groups in total. The number of H-pyrrole nitrogens is 2. The standard InChI is InChI=1S/3C10H14N2.2C7H5NO3S.5C4H5NO4S.CH4/c3*1-12-7-3-5-10(12)9-4-2-6-11-8-9;2*9-7-5-3-1-2-4-6(5)12(10,11)8-7;5*1-3-2-4(6)5-10(7,8)9-3;/h3*2,4,6,8,10H,3,5,7H2,1H3;2*1-4H,(H,8,9);5*2H,1H3,(H,5,6);1H4. The minimum absolute atomic E-state index is 0. The molecule has 5 aromatic rings. The van der Waals surface area contributed by atoms with E-state index in [2.05, 4.69) is 122 Å². The lowest BCUT2D eigenvalue weighted by atomic mass is 10.1. The highest BCUT2D eigenvalue weighted by molar-refractivity contribution is 7.91. The third kappa shape index (κ3) is 30.0. The molecule has 0 spiro atoms. The summed E-state index contributed by atoms with van der Waals surface area (Å²) in [4.78, 5) is 48.1. The number of amides is 3. The van der Waals surface area contributed by atoms with E-state index in [4.69, 9.17) is 0 Å². The fraction of sp³-hybridized carbons (Fsp3) is 0.323. The van der Waals surface area contributed by atoms with Gasteiger partial charge in [-0.3, -0.25) is 24.3 Å². The van der Waals surface area contributed by atoms with Crippen LogP contribution in [0, 0.1) is 0 Å². The molecule has 0 aliphatic carbocycles. The first-order valence-corrected chi connectivity index (χ1v) is 42.2. The molecule has 39 nitrogen and oxygen atoms in total. The lowest BCUT2D eigenvalue weighted by molar-refractivity contribution is -0.898. The second-order valence-electron chi connectivity index (χ2n) is 24.1. The zero-order valence-electron chi connectivity index (χ0n) is 59.7. The van der Waals surface area contributed by atoms with Crippen LogP contribution in [0.2, 0.25) is 0 Å². The summed E-state index contributed by atoms with van der Waals surface area (Å²) in [7, 11) is -20.1. The van der Waals surface area contributed by atoms with Gasteiger partial charge in [0.1, 0.15) is 45.8 Å². The average molecular weight is 1680 g/mol. The molecule has 5 atom stereocenters. The van der Waals surface area contributed by atoms with Crippen LogP contribution in [-0.4, -0.2) is 151 Å². The van der Waals surface area contributed by atoms with Crippen LogP contribution in [0.1, 0.15) is 131 Å². The first-order valence-electron chi connectivity index (χ1n) is 32.4. The second kappa shape index (κ2) is 39.9. The fourth-order valence-electron chi connectivity index (χ4n) is 10.9. The van der Waals surface area contributed by atoms with E-state index in [-0.39, 0.29) is 57.1 Å². The molecule has 3 fully saturated rings. The number of allylic oxidation sites excluding steroid dienone is 5. The van der Waals surface area contributed by atoms with Crippen molar-refractivity contribution in [2.24, 2.45) is 17.6 Å². The lowest BCUT2D eigenvalue weighted by Crippen LogP contribution is -3.07. The maximum atomic E-state index is 11.1. The summed E-state index contributed by atoms with van der Waals surface area (Å²) in [6.45, 7) is 10.7. The third-order valence-corrected chi connectivity index (χ3v) is 22.5. The number of carbonyl (C=O) groups is 3. The molecular weight excluding hydrogens is 1600 g/mol. The van der Waals surface area contributed by atoms with Crippen LogP contribution in [0.3, 0.4) is 0 Å². The SMILES string of the molecule is C.CC1=CC(=O)NS(=O)(=O)O1.CC1=CC(=O)NS(=O)(=O)O1.CC1=CC([O-])=NS(=O)(=O)O1.CC1=CC([O-])=NS(=O)(=O)O1.CC1=CC([O-])=NS(=O)(=O)O1.CN1CCCC1c1cccnc1.C[NH+]1CCCC1c1ccc[nH+]c1.C[NH+]1CCCC1c1ccc[nH+]c1.O=C1NS(=O)(=O)c2ccccc21.O=S1(=O)N=C([O-])c2ccccc21. The highest BCUT2D eigenvalue weighted by atomic mass is 32.3. The van der Waals surface area contributed by atoms with Crippen molar-refractivity contribution in [3.8, 4) is 0 Å². The van der Waals surface area contributed by atoms with Gasteiger partial charge in [0.25, 0.3) is 37.8 Å². The molecule has 10 aliphatic heterocycles. The van der Waals surface area contributed by atoms with Crippen molar-refractivity contribution < 1.29 is 134 Å². The number of benzene rings is 2. The van der Waals surface area contributed by atoms with E-state index in [0.717, 1.165) is 42.5 Å². The zero-order valence-corrected chi connectivity index (χ0v) is 65.4. The van der Waals surface area contributed by atoms with E-state index in [1.807, 2.05) is 35.6 Å². The number of hydrogen-bond acceptors (Lipinski definition) is 28. The van der Waals surface area contributed by atoms with Gasteiger partial charge in [0.05, 0.1) is 48.8 Å². The summed E-state index contributed by atoms with van der Waals surface area (Å²) in [5, 5.41) is 42.1. The lowest BCUT2D eigenvalue weighted by Gasteiger charge is -2.18. The van der Waals surface area contributed by atoms with Crippen molar-refractivity contribution in [3.05, 3.63) is 209 Å². The Labute approximate surface area is 643 Å². The van der Waals surface area contributed by atoms with Crippen molar-refractivity contribution in [2.45, 2.75) is 108 Å². The van der Waals surface area contributed by atoms with E-state index in [9.17, 15) is 93.7 Å². The molecule has 0 bridgehead atoms. The van der Waals surface area contributed by atoms with Gasteiger partial charge in [-0.2, -0.15) is 54.9 Å². The number of pyridine rings is 3. The molecule has 111 heavy (non-hydrogen) atoms. The van der Waals surface area contributed by atoms with Crippen molar-refractivity contribution in [1.82, 2.24) is 24.1 Å². The molecule has 604 valence electrons. The number of rotatable bonds is 3. The smallest absolute Gasteiger partial charge is 0.427 e. The molecule has 15 rings (SSSR count). The summed E-state index contributed by atoms with van der Waals surface area (Å²) in [6, 6.07) is 26.9. The molecule has 0 saturated carbocycles. The minimum Gasteiger partial charge on any atom is -0.858 e. The topological polar surface area (TPSA) is 567 Å². The summed E-state index contributed by atoms with van der Waals surface area (Å²) in [5.41, 5.74) is 4.65. The van der Waals surface area contributed by atoms with Crippen LogP contribution in [-0.2, 0) is 102 Å². The summed E-state index contributed by atoms with van der Waals surface area (Å²) in [5.74, 6) is -4.72. The Balaban J connectivity index is 0.000000221. The third-order valence-electron chi connectivity index (χ3n) is 15.3. The summed E-state index contributed by atoms with van der Waals surface area (Å²) in [6.07, 6.45) is 25.1. The monoisotopic (exact) mass is 1680 g/mol. The largest absolute Gasteiger partial charge is 0.858 e. The Morgan fingerprint density at radius 2 is 0.883 bits per heavy atom. The Morgan fingerprint density at radius 1 is 0.477 bits per heavy atom. The second-order valence-corrected chi connectivity index (χ2v) is 33.5. The van der Waals surface area contributed by atoms with Crippen LogP contribution in [0.4, 0.5) is 0 Å². The van der Waals surface area contributed by atoms with Crippen LogP contribution >= 0.6 is 0 Å². The number of likely N-dealkylation sites (tertiary alicyclic amines) is 3. The highest BCUT2D eigenvalue weighted by Crippen LogP contribution is 2.30. The summed E-state index contributed by atoms with van der Waals surface area (Å²) < 4.78 is 186. The highest BCUT2D eigenvalue weighted by Gasteiger charge is 2.33. The zero-order chi connectivity index (χ0) is 81.6. The average Bonchev–Trinajstić information content (AvgIpc) is 1.64. The molecule has 3 aromatic heterocycles. The number of quaternary nitrogens is 2. The van der Waals surface area contributed by atoms with Crippen molar-refractivity contribution >= 4 is 113 Å². The quantitative estimate of drug-likeness (QED) is 0.121. The number of sulfonamides is 2. The van der Waals surface area contributed by atoms with Crippen molar-refractivity contribution in [3.63, 3.8) is 0 Å². The van der Waals surface area contributed by atoms with Crippen LogP contribution in [0.15, 0.2) is 209 Å². The van der Waals surface area contributed by atoms with Crippen LogP contribution < -0.4 is 54.4 Å². The summed E-state index contributed by atoms with van der Waals surface area (Å²) >= 11 is 0. The predicted octanol–water partition coefficient (Wildman–Crippen LogP) is -2.87. The van der Waals surface area contributed by atoms with E-state index in [1.54, 1.807) is 43.5 Å². The van der Waals surface area contributed by atoms with Gasteiger partial charge < -0.3 is 51.1 Å². The normalized spacial score (nSPS) is 23.1. The predicted molar refractivity (Wildman–Crippen MR) is 388 cm³/mol. The fourth-order valence-corrected chi connectivity index (χ4v) is 16.8. The van der Waals surface area contributed by atoms with Crippen molar-refractivity contribution in [2.75, 3.05) is 40.8 Å². The number of nitrogens with one attached hydrogen (secondary N) is 7. The van der Waals surface area contributed by atoms with Gasteiger partial charge in [0.15, 0.2) is 24.8 Å². The number of hydrogen-bond donors (Lipinski definition) is 5. The Hall–Kier alpha value is -10.6. The molecule has 3 amide bonds. The molecule has 5 unspecified atom stereocenters. The van der Waals surface area contributed by atoms with Crippen LogP contribution in [0.5, 0.6) is 0 Å². The van der Waals surface area contributed by atoms with E-state index in [1.165, 1.54) is 134 Å². The van der Waals surface area contributed by atoms with Gasteiger partial charge in [-0.1, -0.05) is 43.8 Å².